The highest BCUT2D eigenvalue weighted by atomic mass is 16.5. The van der Waals surface area contributed by atoms with Crippen LogP contribution in [0.3, 0.4) is 0 Å². The minimum atomic E-state index is 0.531. The molecular formula is C10H17N3O2. The summed E-state index contributed by atoms with van der Waals surface area (Å²) in [6.07, 6.45) is 2.58. The van der Waals surface area contributed by atoms with Gasteiger partial charge in [0.05, 0.1) is 6.54 Å². The summed E-state index contributed by atoms with van der Waals surface area (Å²) in [7, 11) is 1.68. The van der Waals surface area contributed by atoms with Gasteiger partial charge in [-0.05, 0) is 6.92 Å². The molecule has 0 unspecified atom stereocenters. The van der Waals surface area contributed by atoms with Gasteiger partial charge in [0, 0.05) is 33.0 Å². The van der Waals surface area contributed by atoms with E-state index >= 15 is 0 Å². The Balaban J connectivity index is 0.000000245. The van der Waals surface area contributed by atoms with E-state index in [0.717, 1.165) is 38.4 Å². The van der Waals surface area contributed by atoms with Gasteiger partial charge in [0.15, 0.2) is 6.29 Å². The predicted octanol–water partition coefficient (Wildman–Crippen LogP) is 0.451. The second-order valence-electron chi connectivity index (χ2n) is 3.15. The van der Waals surface area contributed by atoms with E-state index in [2.05, 4.69) is 15.0 Å². The lowest BCUT2D eigenvalue weighted by molar-refractivity contribution is 0.111. The molecule has 0 aromatic carbocycles. The van der Waals surface area contributed by atoms with Crippen molar-refractivity contribution in [2.75, 3.05) is 20.3 Å². The molecule has 1 aromatic rings. The highest BCUT2D eigenvalue weighted by molar-refractivity contribution is 5.71. The molecule has 1 aliphatic rings. The minimum Gasteiger partial charge on any atom is -0.385 e. The molecule has 5 nitrogen and oxygen atoms in total. The Labute approximate surface area is 89.4 Å². The van der Waals surface area contributed by atoms with Gasteiger partial charge in [-0.15, -0.1) is 0 Å². The SMILES string of the molecule is CCOC.O=Cc1cn2c(n1)CNCC2. The van der Waals surface area contributed by atoms with E-state index in [1.54, 1.807) is 13.3 Å². The van der Waals surface area contributed by atoms with Crippen LogP contribution in [-0.4, -0.2) is 36.1 Å². The summed E-state index contributed by atoms with van der Waals surface area (Å²) in [5.41, 5.74) is 0.531. The number of hydrogen-bond donors (Lipinski definition) is 1. The van der Waals surface area contributed by atoms with E-state index in [9.17, 15) is 4.79 Å². The van der Waals surface area contributed by atoms with Crippen LogP contribution in [0.25, 0.3) is 0 Å². The number of ether oxygens (including phenoxy) is 1. The zero-order valence-electron chi connectivity index (χ0n) is 9.19. The molecule has 5 heteroatoms. The highest BCUT2D eigenvalue weighted by Gasteiger charge is 2.10. The molecule has 15 heavy (non-hydrogen) atoms. The number of hydrogen-bond acceptors (Lipinski definition) is 4. The summed E-state index contributed by atoms with van der Waals surface area (Å²) < 4.78 is 6.56. The first-order chi connectivity index (χ1) is 7.31. The molecule has 0 atom stereocenters. The largest absolute Gasteiger partial charge is 0.385 e. The van der Waals surface area contributed by atoms with E-state index in [1.807, 2.05) is 11.5 Å². The number of methoxy groups -OCH3 is 1. The minimum absolute atomic E-state index is 0.531. The number of nitrogens with zero attached hydrogens (tertiary/aromatic N) is 2. The van der Waals surface area contributed by atoms with Crippen molar-refractivity contribution in [3.63, 3.8) is 0 Å². The normalized spacial score (nSPS) is 13.7. The molecule has 0 fully saturated rings. The smallest absolute Gasteiger partial charge is 0.170 e. The maximum absolute atomic E-state index is 10.3. The van der Waals surface area contributed by atoms with Gasteiger partial charge in [0.25, 0.3) is 0 Å². The van der Waals surface area contributed by atoms with E-state index in [4.69, 9.17) is 0 Å². The first-order valence-corrected chi connectivity index (χ1v) is 5.02. The van der Waals surface area contributed by atoms with Crippen LogP contribution in [0, 0.1) is 0 Å². The van der Waals surface area contributed by atoms with Crippen LogP contribution in [0.4, 0.5) is 0 Å². The topological polar surface area (TPSA) is 56.2 Å². The van der Waals surface area contributed by atoms with Crippen molar-refractivity contribution < 1.29 is 9.53 Å². The zero-order chi connectivity index (χ0) is 11.1. The monoisotopic (exact) mass is 211 g/mol. The molecule has 0 spiro atoms. The molecule has 1 aliphatic heterocycles. The van der Waals surface area contributed by atoms with Crippen LogP contribution in [0.2, 0.25) is 0 Å². The Morgan fingerprint density at radius 1 is 1.73 bits per heavy atom. The number of nitrogens with one attached hydrogen (secondary N) is 1. The third-order valence-electron chi connectivity index (χ3n) is 2.10. The zero-order valence-corrected chi connectivity index (χ0v) is 9.19. The van der Waals surface area contributed by atoms with Gasteiger partial charge in [-0.1, -0.05) is 0 Å². The molecule has 0 bridgehead atoms. The van der Waals surface area contributed by atoms with Gasteiger partial charge in [-0.2, -0.15) is 0 Å². The maximum Gasteiger partial charge on any atom is 0.170 e. The summed E-state index contributed by atoms with van der Waals surface area (Å²) in [6.45, 7) is 5.42. The van der Waals surface area contributed by atoms with Crippen molar-refractivity contribution in [1.82, 2.24) is 14.9 Å². The van der Waals surface area contributed by atoms with Gasteiger partial charge in [-0.3, -0.25) is 4.79 Å². The van der Waals surface area contributed by atoms with Gasteiger partial charge in [-0.25, -0.2) is 4.98 Å². The van der Waals surface area contributed by atoms with E-state index in [0.29, 0.717) is 5.69 Å². The number of carbonyl (C=O) groups excluding carboxylic acids is 1. The van der Waals surface area contributed by atoms with E-state index < -0.39 is 0 Å². The fourth-order valence-corrected chi connectivity index (χ4v) is 1.27. The maximum atomic E-state index is 10.3. The van der Waals surface area contributed by atoms with Crippen LogP contribution in [0.15, 0.2) is 6.20 Å². The Morgan fingerprint density at radius 3 is 3.00 bits per heavy atom. The van der Waals surface area contributed by atoms with Crippen molar-refractivity contribution >= 4 is 6.29 Å². The van der Waals surface area contributed by atoms with Crippen molar-refractivity contribution in [3.8, 4) is 0 Å². The number of rotatable bonds is 2. The third kappa shape index (κ3) is 3.45. The molecule has 2 heterocycles. The summed E-state index contributed by atoms with van der Waals surface area (Å²) in [5.74, 6) is 0.957. The Morgan fingerprint density at radius 2 is 2.47 bits per heavy atom. The number of fused-ring (bicyclic) bond motifs is 1. The number of imidazole rings is 1. The van der Waals surface area contributed by atoms with Crippen LogP contribution in [0.1, 0.15) is 23.2 Å². The third-order valence-corrected chi connectivity index (χ3v) is 2.10. The van der Waals surface area contributed by atoms with Crippen LogP contribution in [0.5, 0.6) is 0 Å². The number of aldehydes is 1. The Hall–Kier alpha value is -1.20. The first-order valence-electron chi connectivity index (χ1n) is 5.02. The first kappa shape index (κ1) is 11.9. The van der Waals surface area contributed by atoms with Crippen molar-refractivity contribution in [1.29, 1.82) is 0 Å². The quantitative estimate of drug-likeness (QED) is 0.722. The van der Waals surface area contributed by atoms with E-state index in [-0.39, 0.29) is 0 Å². The summed E-state index contributed by atoms with van der Waals surface area (Å²) in [4.78, 5) is 14.4. The average Bonchev–Trinajstić information content (AvgIpc) is 2.72. The molecular weight excluding hydrogens is 194 g/mol. The fraction of sp³-hybridized carbons (Fsp3) is 0.600. The lowest BCUT2D eigenvalue weighted by atomic mass is 10.4. The molecule has 0 aliphatic carbocycles. The highest BCUT2D eigenvalue weighted by Crippen LogP contribution is 2.04. The van der Waals surface area contributed by atoms with Crippen LogP contribution in [-0.2, 0) is 17.8 Å². The lowest BCUT2D eigenvalue weighted by Gasteiger charge is -2.13. The molecule has 0 saturated heterocycles. The summed E-state index contributed by atoms with van der Waals surface area (Å²) in [5, 5.41) is 3.18. The molecule has 1 N–H and O–H groups in total. The summed E-state index contributed by atoms with van der Waals surface area (Å²) in [6, 6.07) is 0. The second-order valence-corrected chi connectivity index (χ2v) is 3.15. The van der Waals surface area contributed by atoms with Crippen LogP contribution < -0.4 is 5.32 Å². The molecule has 1 aromatic heterocycles. The summed E-state index contributed by atoms with van der Waals surface area (Å²) >= 11 is 0. The van der Waals surface area contributed by atoms with Gasteiger partial charge < -0.3 is 14.6 Å². The molecule has 0 amide bonds. The Kier molecular flexibility index (Phi) is 5.00. The van der Waals surface area contributed by atoms with Gasteiger partial charge in [0.2, 0.25) is 0 Å². The van der Waals surface area contributed by atoms with Crippen LogP contribution >= 0.6 is 0 Å². The number of carbonyl (C=O) groups is 1. The van der Waals surface area contributed by atoms with Gasteiger partial charge in [0.1, 0.15) is 11.5 Å². The fourth-order valence-electron chi connectivity index (χ4n) is 1.27. The molecule has 0 saturated carbocycles. The Bertz CT molecular complexity index is 284. The molecule has 84 valence electrons. The van der Waals surface area contributed by atoms with Gasteiger partial charge >= 0.3 is 0 Å². The standard InChI is InChI=1S/C7H9N3O.C3H8O/c11-5-6-4-10-2-1-8-3-7(10)9-6;1-3-4-2/h4-5,8H,1-3H2;3H2,1-2H3. The van der Waals surface area contributed by atoms with Crippen molar-refractivity contribution in [2.45, 2.75) is 20.0 Å². The number of aromatic nitrogens is 2. The molecule has 0 radical (unpaired) electrons. The predicted molar refractivity (Wildman–Crippen MR) is 56.9 cm³/mol. The van der Waals surface area contributed by atoms with E-state index in [1.165, 1.54) is 0 Å². The van der Waals surface area contributed by atoms with Crippen molar-refractivity contribution in [3.05, 3.63) is 17.7 Å². The lowest BCUT2D eigenvalue weighted by Crippen LogP contribution is -2.27. The second kappa shape index (κ2) is 6.31. The van der Waals surface area contributed by atoms with Crippen molar-refractivity contribution in [2.24, 2.45) is 0 Å². The molecule has 2 rings (SSSR count). The average molecular weight is 211 g/mol.